The van der Waals surface area contributed by atoms with E-state index in [-0.39, 0.29) is 5.69 Å². The summed E-state index contributed by atoms with van der Waals surface area (Å²) in [4.78, 5) is 28.0. The number of pyridine rings is 1. The Bertz CT molecular complexity index is 913. The number of carbonyl (C=O) groups is 2. The zero-order valence-corrected chi connectivity index (χ0v) is 12.2. The Kier molecular flexibility index (Phi) is 2.68. The van der Waals surface area contributed by atoms with Gasteiger partial charge in [-0.2, -0.15) is 0 Å². The fraction of sp³-hybridized carbons (Fsp3) is 0.0556. The van der Waals surface area contributed by atoms with Gasteiger partial charge in [0.1, 0.15) is 0 Å². The minimum Gasteiger partial charge on any atom is -0.291 e. The van der Waals surface area contributed by atoms with Gasteiger partial charge >= 0.3 is 0 Å². The molecule has 3 aromatic rings. The van der Waals surface area contributed by atoms with Crippen LogP contribution in [0.25, 0.3) is 10.9 Å². The van der Waals surface area contributed by atoms with Gasteiger partial charge in [-0.3, -0.25) is 9.59 Å². The maximum absolute atomic E-state index is 12.7. The standard InChI is InChI=1S/C18H10ClNO2/c19-18(15-10-9-11-5-1-4-8-14(11)20-15)16(21)12-6-2-3-7-13(12)17(18)22/h1-10H. The van der Waals surface area contributed by atoms with E-state index in [4.69, 9.17) is 11.6 Å². The van der Waals surface area contributed by atoms with Gasteiger partial charge in [0.2, 0.25) is 4.87 Å². The Balaban J connectivity index is 1.94. The fourth-order valence-corrected chi connectivity index (χ4v) is 3.15. The topological polar surface area (TPSA) is 47.0 Å². The van der Waals surface area contributed by atoms with Gasteiger partial charge in [0, 0.05) is 16.5 Å². The lowest BCUT2D eigenvalue weighted by Crippen LogP contribution is -2.33. The molecule has 106 valence electrons. The van der Waals surface area contributed by atoms with Crippen LogP contribution >= 0.6 is 11.6 Å². The molecule has 0 amide bonds. The van der Waals surface area contributed by atoms with Crippen molar-refractivity contribution in [2.45, 2.75) is 4.87 Å². The molecule has 0 fully saturated rings. The quantitative estimate of drug-likeness (QED) is 0.508. The van der Waals surface area contributed by atoms with Crippen molar-refractivity contribution in [1.29, 1.82) is 0 Å². The van der Waals surface area contributed by atoms with Gasteiger partial charge in [-0.05, 0) is 12.1 Å². The molecule has 0 atom stereocenters. The van der Waals surface area contributed by atoms with Crippen LogP contribution in [0.2, 0.25) is 0 Å². The number of nitrogens with zero attached hydrogens (tertiary/aromatic N) is 1. The highest BCUT2D eigenvalue weighted by molar-refractivity contribution is 6.54. The first-order valence-corrected chi connectivity index (χ1v) is 7.24. The van der Waals surface area contributed by atoms with E-state index in [1.807, 2.05) is 30.3 Å². The highest BCUT2D eigenvalue weighted by Crippen LogP contribution is 2.42. The van der Waals surface area contributed by atoms with Crippen LogP contribution in [0.1, 0.15) is 26.4 Å². The van der Waals surface area contributed by atoms with Crippen molar-refractivity contribution in [1.82, 2.24) is 4.98 Å². The van der Waals surface area contributed by atoms with E-state index in [1.165, 1.54) is 0 Å². The number of halogens is 1. The molecule has 1 aliphatic carbocycles. The molecule has 0 saturated heterocycles. The highest BCUT2D eigenvalue weighted by atomic mass is 35.5. The van der Waals surface area contributed by atoms with Gasteiger partial charge in [-0.25, -0.2) is 4.98 Å². The Labute approximate surface area is 131 Å². The molecule has 0 spiro atoms. The van der Waals surface area contributed by atoms with Gasteiger partial charge in [0.15, 0.2) is 11.6 Å². The van der Waals surface area contributed by atoms with Crippen molar-refractivity contribution in [2.75, 3.05) is 0 Å². The van der Waals surface area contributed by atoms with E-state index in [9.17, 15) is 9.59 Å². The van der Waals surface area contributed by atoms with Crippen LogP contribution in [-0.2, 0) is 4.87 Å². The van der Waals surface area contributed by atoms with E-state index < -0.39 is 16.4 Å². The zero-order chi connectivity index (χ0) is 15.3. The van der Waals surface area contributed by atoms with E-state index >= 15 is 0 Å². The van der Waals surface area contributed by atoms with Crippen molar-refractivity contribution in [2.24, 2.45) is 0 Å². The predicted molar refractivity (Wildman–Crippen MR) is 84.4 cm³/mol. The summed E-state index contributed by atoms with van der Waals surface area (Å²) in [5, 5.41) is 0.932. The average molecular weight is 308 g/mol. The molecule has 0 bridgehead atoms. The normalized spacial score (nSPS) is 16.0. The number of Topliss-reactive ketones (excluding diaryl/α,β-unsaturated/α-hetero) is 2. The summed E-state index contributed by atoms with van der Waals surface area (Å²) < 4.78 is 0. The van der Waals surface area contributed by atoms with Crippen LogP contribution in [0, 0.1) is 0 Å². The number of aromatic nitrogens is 1. The van der Waals surface area contributed by atoms with E-state index in [0.717, 1.165) is 5.39 Å². The fourth-order valence-electron chi connectivity index (χ4n) is 2.84. The summed E-state index contributed by atoms with van der Waals surface area (Å²) >= 11 is 6.50. The van der Waals surface area contributed by atoms with Crippen LogP contribution in [0.15, 0.2) is 60.7 Å². The van der Waals surface area contributed by atoms with E-state index in [1.54, 1.807) is 30.3 Å². The molecule has 4 heteroatoms. The third-order valence-electron chi connectivity index (χ3n) is 3.99. The lowest BCUT2D eigenvalue weighted by atomic mass is 9.97. The number of carbonyl (C=O) groups excluding carboxylic acids is 2. The summed E-state index contributed by atoms with van der Waals surface area (Å²) in [6.07, 6.45) is 0. The average Bonchev–Trinajstić information content (AvgIpc) is 2.77. The SMILES string of the molecule is O=C1c2ccccc2C(=O)C1(Cl)c1ccc2ccccc2n1. The monoisotopic (exact) mass is 307 g/mol. The van der Waals surface area contributed by atoms with E-state index in [2.05, 4.69) is 4.98 Å². The van der Waals surface area contributed by atoms with Gasteiger partial charge in [-0.1, -0.05) is 60.1 Å². The van der Waals surface area contributed by atoms with Gasteiger partial charge in [-0.15, -0.1) is 0 Å². The second kappa shape index (κ2) is 4.49. The third kappa shape index (κ3) is 1.60. The first kappa shape index (κ1) is 13.2. The van der Waals surface area contributed by atoms with Crippen molar-refractivity contribution in [3.63, 3.8) is 0 Å². The second-order valence-electron chi connectivity index (χ2n) is 5.25. The van der Waals surface area contributed by atoms with Crippen molar-refractivity contribution in [3.05, 3.63) is 77.5 Å². The molecule has 0 aliphatic heterocycles. The van der Waals surface area contributed by atoms with Crippen LogP contribution in [0.5, 0.6) is 0 Å². The molecule has 0 N–H and O–H groups in total. The molecular formula is C18H10ClNO2. The maximum atomic E-state index is 12.7. The molecule has 22 heavy (non-hydrogen) atoms. The molecule has 3 nitrogen and oxygen atoms in total. The Hall–Kier alpha value is -2.52. The molecule has 0 saturated carbocycles. The number of fused-ring (bicyclic) bond motifs is 2. The van der Waals surface area contributed by atoms with Gasteiger partial charge in [0.05, 0.1) is 11.2 Å². The number of rotatable bonds is 1. The Morgan fingerprint density at radius 1 is 0.773 bits per heavy atom. The summed E-state index contributed by atoms with van der Waals surface area (Å²) in [6, 6.07) is 17.7. The number of ketones is 2. The Morgan fingerprint density at radius 2 is 1.36 bits per heavy atom. The number of hydrogen-bond acceptors (Lipinski definition) is 3. The number of hydrogen-bond donors (Lipinski definition) is 0. The Morgan fingerprint density at radius 3 is 2.05 bits per heavy atom. The van der Waals surface area contributed by atoms with Gasteiger partial charge < -0.3 is 0 Å². The molecule has 2 aromatic carbocycles. The maximum Gasteiger partial charge on any atom is 0.211 e. The minimum atomic E-state index is -1.76. The number of benzene rings is 2. The van der Waals surface area contributed by atoms with Crippen molar-refractivity contribution in [3.8, 4) is 0 Å². The summed E-state index contributed by atoms with van der Waals surface area (Å²) in [7, 11) is 0. The largest absolute Gasteiger partial charge is 0.291 e. The van der Waals surface area contributed by atoms with E-state index in [0.29, 0.717) is 16.6 Å². The molecule has 0 unspecified atom stereocenters. The predicted octanol–water partition coefficient (Wildman–Crippen LogP) is 3.75. The highest BCUT2D eigenvalue weighted by Gasteiger charge is 2.54. The number of alkyl halides is 1. The summed E-state index contributed by atoms with van der Waals surface area (Å²) in [5.74, 6) is -0.810. The van der Waals surface area contributed by atoms with Crippen LogP contribution in [0.3, 0.4) is 0 Å². The lowest BCUT2D eigenvalue weighted by Gasteiger charge is -2.17. The first-order chi connectivity index (χ1) is 10.6. The second-order valence-corrected chi connectivity index (χ2v) is 5.82. The smallest absolute Gasteiger partial charge is 0.211 e. The van der Waals surface area contributed by atoms with Crippen molar-refractivity contribution < 1.29 is 9.59 Å². The third-order valence-corrected chi connectivity index (χ3v) is 4.53. The molecule has 4 rings (SSSR count). The van der Waals surface area contributed by atoms with Crippen LogP contribution < -0.4 is 0 Å². The molecule has 1 aromatic heterocycles. The number of para-hydroxylation sites is 1. The van der Waals surface area contributed by atoms with Crippen LogP contribution in [-0.4, -0.2) is 16.6 Å². The molecular weight excluding hydrogens is 298 g/mol. The summed E-state index contributed by atoms with van der Waals surface area (Å²) in [6.45, 7) is 0. The van der Waals surface area contributed by atoms with Crippen LogP contribution in [0.4, 0.5) is 0 Å². The molecule has 1 aliphatic rings. The minimum absolute atomic E-state index is 0.277. The summed E-state index contributed by atoms with van der Waals surface area (Å²) in [5.41, 5.74) is 1.70. The zero-order valence-electron chi connectivity index (χ0n) is 11.4. The van der Waals surface area contributed by atoms with Gasteiger partial charge in [0.25, 0.3) is 0 Å². The molecule has 1 heterocycles. The first-order valence-electron chi connectivity index (χ1n) is 6.86. The van der Waals surface area contributed by atoms with Crippen molar-refractivity contribution >= 4 is 34.1 Å². The lowest BCUT2D eigenvalue weighted by molar-refractivity contribution is 0.0858. The molecule has 0 radical (unpaired) electrons.